The minimum atomic E-state index is 1.05. The van der Waals surface area contributed by atoms with Gasteiger partial charge in [-0.2, -0.15) is 0 Å². The summed E-state index contributed by atoms with van der Waals surface area (Å²) in [6.45, 7) is 0. The van der Waals surface area contributed by atoms with Gasteiger partial charge in [-0.25, -0.2) is 0 Å². The third-order valence-electron chi connectivity index (χ3n) is 10.2. The first-order valence-electron chi connectivity index (χ1n) is 17.3. The molecule has 0 amide bonds. The standard InChI is InChI=1S/C48H32S2/c1-3-19-45-41(17-1)43-29-39(21-23-47(43)49-45)37-15-7-13-35(27-37)33-11-5-9-31(25-33)32-10-6-12-34(26-32)36-14-8-16-38(28-36)40-22-24-48-44(30-40)42-18-2-4-20-46(42)50-48/h1-7,9-13,15-30H,8,14H2. The van der Waals surface area contributed by atoms with Crippen molar-refractivity contribution in [2.24, 2.45) is 0 Å². The van der Waals surface area contributed by atoms with Crippen LogP contribution in [-0.4, -0.2) is 0 Å². The smallest absolute Gasteiger partial charge is 0.0355 e. The van der Waals surface area contributed by atoms with Crippen LogP contribution in [0.2, 0.25) is 0 Å². The normalized spacial score (nSPS) is 13.3. The summed E-state index contributed by atoms with van der Waals surface area (Å²) in [4.78, 5) is 0. The van der Waals surface area contributed by atoms with Crippen molar-refractivity contribution in [3.05, 3.63) is 181 Å². The quantitative estimate of drug-likeness (QED) is 0.171. The monoisotopic (exact) mass is 672 g/mol. The van der Waals surface area contributed by atoms with Crippen LogP contribution in [-0.2, 0) is 0 Å². The Balaban J connectivity index is 0.955. The molecule has 50 heavy (non-hydrogen) atoms. The van der Waals surface area contributed by atoms with Crippen LogP contribution < -0.4 is 0 Å². The second kappa shape index (κ2) is 12.1. The van der Waals surface area contributed by atoms with Gasteiger partial charge in [-0.05, 0) is 123 Å². The Morgan fingerprint density at radius 3 is 1.36 bits per heavy atom. The van der Waals surface area contributed by atoms with Gasteiger partial charge in [0.1, 0.15) is 0 Å². The molecule has 0 N–H and O–H groups in total. The third kappa shape index (κ3) is 5.20. The van der Waals surface area contributed by atoms with Crippen LogP contribution in [0.3, 0.4) is 0 Å². The van der Waals surface area contributed by atoms with E-state index in [0.29, 0.717) is 0 Å². The lowest BCUT2D eigenvalue weighted by Gasteiger charge is -2.16. The van der Waals surface area contributed by atoms with Crippen LogP contribution in [0.4, 0.5) is 0 Å². The van der Waals surface area contributed by atoms with Gasteiger partial charge in [0.2, 0.25) is 0 Å². The Labute approximate surface area is 299 Å². The molecular weight excluding hydrogens is 641 g/mol. The van der Waals surface area contributed by atoms with Crippen LogP contribution in [0.5, 0.6) is 0 Å². The minimum Gasteiger partial charge on any atom is -0.135 e. The molecule has 0 nitrogen and oxygen atoms in total. The van der Waals surface area contributed by atoms with E-state index in [1.807, 2.05) is 22.7 Å². The fraction of sp³-hybridized carbons (Fsp3) is 0.0417. The van der Waals surface area contributed by atoms with E-state index in [-0.39, 0.29) is 0 Å². The predicted octanol–water partition coefficient (Wildman–Crippen LogP) is 14.7. The zero-order valence-electron chi connectivity index (χ0n) is 27.4. The number of hydrogen-bond donors (Lipinski definition) is 0. The Morgan fingerprint density at radius 2 is 0.780 bits per heavy atom. The van der Waals surface area contributed by atoms with Crippen molar-refractivity contribution in [1.82, 2.24) is 0 Å². The number of allylic oxidation sites excluding steroid dienone is 4. The zero-order chi connectivity index (χ0) is 33.0. The number of thiophene rings is 2. The summed E-state index contributed by atoms with van der Waals surface area (Å²) in [5, 5.41) is 5.38. The summed E-state index contributed by atoms with van der Waals surface area (Å²) >= 11 is 3.75. The van der Waals surface area contributed by atoms with Gasteiger partial charge in [0, 0.05) is 40.3 Å². The number of fused-ring (bicyclic) bond motifs is 6. The molecular formula is C48H32S2. The molecule has 7 aromatic carbocycles. The van der Waals surface area contributed by atoms with Crippen molar-refractivity contribution in [3.8, 4) is 33.4 Å². The second-order valence-corrected chi connectivity index (χ2v) is 15.4. The average Bonchev–Trinajstić information content (AvgIpc) is 3.76. The molecule has 2 heterocycles. The number of benzene rings is 7. The predicted molar refractivity (Wildman–Crippen MR) is 220 cm³/mol. The van der Waals surface area contributed by atoms with E-state index in [4.69, 9.17) is 0 Å². The van der Waals surface area contributed by atoms with Gasteiger partial charge < -0.3 is 0 Å². The maximum atomic E-state index is 2.41. The summed E-state index contributed by atoms with van der Waals surface area (Å²) < 4.78 is 5.39. The highest BCUT2D eigenvalue weighted by Crippen LogP contribution is 2.40. The van der Waals surface area contributed by atoms with Crippen molar-refractivity contribution in [2.45, 2.75) is 12.8 Å². The van der Waals surface area contributed by atoms with Crippen molar-refractivity contribution < 1.29 is 0 Å². The minimum absolute atomic E-state index is 1.05. The lowest BCUT2D eigenvalue weighted by atomic mass is 9.89. The van der Waals surface area contributed by atoms with Gasteiger partial charge in [0.05, 0.1) is 0 Å². The van der Waals surface area contributed by atoms with E-state index >= 15 is 0 Å². The Hall–Kier alpha value is -5.54. The van der Waals surface area contributed by atoms with Crippen LogP contribution >= 0.6 is 22.7 Å². The highest BCUT2D eigenvalue weighted by atomic mass is 32.1. The second-order valence-electron chi connectivity index (χ2n) is 13.2. The van der Waals surface area contributed by atoms with Gasteiger partial charge >= 0.3 is 0 Å². The maximum Gasteiger partial charge on any atom is 0.0355 e. The van der Waals surface area contributed by atoms with Crippen molar-refractivity contribution in [3.63, 3.8) is 0 Å². The summed E-state index contributed by atoms with van der Waals surface area (Å²) in [5.41, 5.74) is 12.8. The van der Waals surface area contributed by atoms with Crippen molar-refractivity contribution in [1.29, 1.82) is 0 Å². The molecule has 0 spiro atoms. The van der Waals surface area contributed by atoms with Crippen LogP contribution in [0.1, 0.15) is 24.0 Å². The topological polar surface area (TPSA) is 0 Å². The van der Waals surface area contributed by atoms with E-state index in [1.54, 1.807) is 0 Å². The highest BCUT2D eigenvalue weighted by Gasteiger charge is 2.13. The molecule has 2 aromatic heterocycles. The molecule has 0 aliphatic heterocycles. The number of hydrogen-bond acceptors (Lipinski definition) is 2. The molecule has 1 aliphatic carbocycles. The van der Waals surface area contributed by atoms with E-state index in [1.165, 1.54) is 96.0 Å². The van der Waals surface area contributed by atoms with Crippen LogP contribution in [0.15, 0.2) is 170 Å². The third-order valence-corrected chi connectivity index (χ3v) is 12.5. The zero-order valence-corrected chi connectivity index (χ0v) is 29.0. The van der Waals surface area contributed by atoms with Crippen LogP contribution in [0, 0.1) is 0 Å². The lowest BCUT2D eigenvalue weighted by Crippen LogP contribution is -1.93. The molecule has 0 atom stereocenters. The fourth-order valence-corrected chi connectivity index (χ4v) is 9.77. The summed E-state index contributed by atoms with van der Waals surface area (Å²) in [6, 6.07) is 58.5. The first-order valence-corrected chi connectivity index (χ1v) is 18.9. The van der Waals surface area contributed by atoms with Crippen molar-refractivity contribution in [2.75, 3.05) is 0 Å². The van der Waals surface area contributed by atoms with Crippen molar-refractivity contribution >= 4 is 74.2 Å². The molecule has 1 aliphatic rings. The molecule has 0 unspecified atom stereocenters. The van der Waals surface area contributed by atoms with Gasteiger partial charge in [-0.1, -0.05) is 115 Å². The highest BCUT2D eigenvalue weighted by molar-refractivity contribution is 7.26. The average molecular weight is 673 g/mol. The first-order chi connectivity index (χ1) is 24.7. The van der Waals surface area contributed by atoms with E-state index < -0.39 is 0 Å². The van der Waals surface area contributed by atoms with Crippen LogP contribution in [0.25, 0.3) is 84.9 Å². The summed E-state index contributed by atoms with van der Waals surface area (Å²) in [5.74, 6) is 0. The van der Waals surface area contributed by atoms with Gasteiger partial charge in [0.15, 0.2) is 0 Å². The lowest BCUT2D eigenvalue weighted by molar-refractivity contribution is 1.06. The molecule has 10 rings (SSSR count). The largest absolute Gasteiger partial charge is 0.135 e. The van der Waals surface area contributed by atoms with Gasteiger partial charge in [-0.3, -0.25) is 0 Å². The van der Waals surface area contributed by atoms with Gasteiger partial charge in [0.25, 0.3) is 0 Å². The SMILES string of the molecule is C1=C(c2ccc3sc4ccccc4c3c2)C=C(c2cccc(-c3cccc(-c4cccc(-c5ccc6sc7ccccc7c6c5)c4)c3)c2)CC1. The van der Waals surface area contributed by atoms with E-state index in [0.717, 1.165) is 12.8 Å². The fourth-order valence-electron chi connectivity index (χ4n) is 7.60. The number of rotatable bonds is 5. The maximum absolute atomic E-state index is 2.41. The molecule has 9 aromatic rings. The summed E-state index contributed by atoms with van der Waals surface area (Å²) in [6.07, 6.45) is 6.92. The Bertz CT molecular complexity index is 2820. The molecule has 0 saturated heterocycles. The molecule has 0 radical (unpaired) electrons. The molecule has 2 heteroatoms. The Kier molecular flexibility index (Phi) is 7.11. The summed E-state index contributed by atoms with van der Waals surface area (Å²) in [7, 11) is 0. The van der Waals surface area contributed by atoms with E-state index in [2.05, 4.69) is 170 Å². The molecule has 0 bridgehead atoms. The Morgan fingerprint density at radius 1 is 0.340 bits per heavy atom. The first kappa shape index (κ1) is 29.4. The molecule has 0 saturated carbocycles. The molecule has 0 fully saturated rings. The molecule has 236 valence electrons. The van der Waals surface area contributed by atoms with Gasteiger partial charge in [-0.15, -0.1) is 22.7 Å². The van der Waals surface area contributed by atoms with E-state index in [9.17, 15) is 0 Å².